The molecule has 6 nitrogen and oxygen atoms in total. The molecule has 0 amide bonds. The van der Waals surface area contributed by atoms with Gasteiger partial charge in [-0.05, 0) is 105 Å². The molecule has 12 atom stereocenters. The van der Waals surface area contributed by atoms with Crippen LogP contribution in [0.5, 0.6) is 0 Å². The molecule has 4 aliphatic carbocycles. The van der Waals surface area contributed by atoms with E-state index in [1.807, 2.05) is 6.07 Å². The largest absolute Gasteiger partial charge is 0.447 e. The molecule has 0 bridgehead atoms. The van der Waals surface area contributed by atoms with Crippen LogP contribution in [0.25, 0.3) is 0 Å². The number of fused-ring (bicyclic) bond motifs is 5. The van der Waals surface area contributed by atoms with E-state index < -0.39 is 12.2 Å². The lowest BCUT2D eigenvalue weighted by molar-refractivity contribution is -0.207. The molecular formula is C27H43NO5. The average molecular weight is 462 g/mol. The van der Waals surface area contributed by atoms with E-state index in [9.17, 15) is 20.1 Å². The van der Waals surface area contributed by atoms with Gasteiger partial charge in [-0.25, -0.2) is 0 Å². The number of aliphatic hydroxyl groups is 3. The molecule has 4 rings (SSSR count). The van der Waals surface area contributed by atoms with Crippen LogP contribution in [0.3, 0.4) is 0 Å². The first-order valence-corrected chi connectivity index (χ1v) is 13.2. The zero-order chi connectivity index (χ0) is 24.1. The summed E-state index contributed by atoms with van der Waals surface area (Å²) in [6.07, 6.45) is 5.29. The van der Waals surface area contributed by atoms with Crippen LogP contribution < -0.4 is 0 Å². The lowest BCUT2D eigenvalue weighted by atomic mass is 9.43. The topological polar surface area (TPSA) is 111 Å². The van der Waals surface area contributed by atoms with Gasteiger partial charge in [-0.2, -0.15) is 5.26 Å². The Kier molecular flexibility index (Phi) is 6.90. The maximum absolute atomic E-state index is 12.1. The van der Waals surface area contributed by atoms with Gasteiger partial charge in [0.1, 0.15) is 6.07 Å². The smallest absolute Gasteiger partial charge is 0.307 e. The van der Waals surface area contributed by atoms with Crippen molar-refractivity contribution in [1.29, 1.82) is 5.26 Å². The molecule has 0 heterocycles. The van der Waals surface area contributed by atoms with Crippen molar-refractivity contribution in [2.45, 2.75) is 110 Å². The molecule has 0 aromatic heterocycles. The van der Waals surface area contributed by atoms with E-state index in [0.717, 1.165) is 44.9 Å². The monoisotopic (exact) mass is 461 g/mol. The second-order valence-corrected chi connectivity index (χ2v) is 12.3. The summed E-state index contributed by atoms with van der Waals surface area (Å²) in [5.41, 5.74) is -0.181. The van der Waals surface area contributed by atoms with E-state index in [0.29, 0.717) is 24.2 Å². The summed E-state index contributed by atoms with van der Waals surface area (Å²) < 4.78 is 5.12. The summed E-state index contributed by atoms with van der Waals surface area (Å²) in [5, 5.41) is 42.1. The van der Waals surface area contributed by atoms with Gasteiger partial charge in [-0.15, -0.1) is 0 Å². The van der Waals surface area contributed by atoms with E-state index in [4.69, 9.17) is 10.00 Å². The highest BCUT2D eigenvalue weighted by Gasteiger charge is 2.65. The third kappa shape index (κ3) is 4.13. The van der Waals surface area contributed by atoms with Crippen LogP contribution in [-0.4, -0.2) is 45.7 Å². The molecule has 0 saturated heterocycles. The Balaban J connectivity index is 1.50. The fraction of sp³-hybridized carbons (Fsp3) is 0.926. The van der Waals surface area contributed by atoms with Crippen molar-refractivity contribution in [2.24, 2.45) is 46.3 Å². The highest BCUT2D eigenvalue weighted by Crippen LogP contribution is 2.68. The fourth-order valence-corrected chi connectivity index (χ4v) is 8.96. The molecular weight excluding hydrogens is 418 g/mol. The number of hydrogen-bond acceptors (Lipinski definition) is 6. The second-order valence-electron chi connectivity index (χ2n) is 12.3. The number of ether oxygens (including phenoxy) is 1. The number of carbonyl (C=O) groups is 1. The molecule has 4 aliphatic rings. The van der Waals surface area contributed by atoms with Crippen molar-refractivity contribution in [3.8, 4) is 6.07 Å². The molecule has 0 aliphatic heterocycles. The number of aliphatic hydroxyl groups excluding tert-OH is 3. The van der Waals surface area contributed by atoms with Gasteiger partial charge in [0.2, 0.25) is 0 Å². The third-order valence-electron chi connectivity index (χ3n) is 10.8. The van der Waals surface area contributed by atoms with Crippen LogP contribution in [0.15, 0.2) is 0 Å². The number of rotatable bonds is 5. The molecule has 4 saturated carbocycles. The minimum atomic E-state index is -0.725. The lowest BCUT2D eigenvalue weighted by Gasteiger charge is -2.63. The van der Waals surface area contributed by atoms with E-state index in [1.54, 1.807) is 6.92 Å². The Morgan fingerprint density at radius 2 is 1.82 bits per heavy atom. The summed E-state index contributed by atoms with van der Waals surface area (Å²) in [5.74, 6) is 1.32. The molecule has 0 spiro atoms. The van der Waals surface area contributed by atoms with Crippen molar-refractivity contribution < 1.29 is 24.9 Å². The Labute approximate surface area is 198 Å². The minimum Gasteiger partial charge on any atom is -0.447 e. The average Bonchev–Trinajstić information content (AvgIpc) is 3.12. The first-order valence-electron chi connectivity index (χ1n) is 13.2. The summed E-state index contributed by atoms with van der Waals surface area (Å²) in [6, 6.07) is 1.93. The number of esters is 1. The molecule has 0 aromatic rings. The van der Waals surface area contributed by atoms with E-state index >= 15 is 0 Å². The SMILES string of the molecule is CC(C#N)OC(=O)CC[C@@H](C)[C@H]1CC[C@H]2[C@@H]3[C@H](O)C[C@@H]4C[C@H](O)CC[C@]4(C)[C@H]3C[C@H](O)[C@]12C. The van der Waals surface area contributed by atoms with Gasteiger partial charge in [-0.1, -0.05) is 20.8 Å². The zero-order valence-electron chi connectivity index (χ0n) is 20.7. The van der Waals surface area contributed by atoms with Crippen molar-refractivity contribution in [2.75, 3.05) is 0 Å². The second kappa shape index (κ2) is 9.13. The number of nitrogens with zero attached hydrogens (tertiary/aromatic N) is 1. The van der Waals surface area contributed by atoms with E-state index in [1.165, 1.54) is 0 Å². The zero-order valence-corrected chi connectivity index (χ0v) is 20.7. The van der Waals surface area contributed by atoms with Crippen molar-refractivity contribution in [3.05, 3.63) is 0 Å². The van der Waals surface area contributed by atoms with E-state index in [2.05, 4.69) is 20.8 Å². The fourth-order valence-electron chi connectivity index (χ4n) is 8.96. The summed E-state index contributed by atoms with van der Waals surface area (Å²) in [4.78, 5) is 12.1. The van der Waals surface area contributed by atoms with Crippen molar-refractivity contribution >= 4 is 5.97 Å². The van der Waals surface area contributed by atoms with Crippen LogP contribution in [0.2, 0.25) is 0 Å². The molecule has 3 N–H and O–H groups in total. The highest BCUT2D eigenvalue weighted by molar-refractivity contribution is 5.69. The molecule has 1 unspecified atom stereocenters. The Morgan fingerprint density at radius 1 is 1.09 bits per heavy atom. The van der Waals surface area contributed by atoms with Crippen molar-refractivity contribution in [1.82, 2.24) is 0 Å². The molecule has 4 fully saturated rings. The van der Waals surface area contributed by atoms with Gasteiger partial charge in [0.15, 0.2) is 6.10 Å². The van der Waals surface area contributed by atoms with Crippen LogP contribution in [0, 0.1) is 57.7 Å². The first kappa shape index (κ1) is 24.9. The molecule has 6 heteroatoms. The number of hydrogen-bond donors (Lipinski definition) is 3. The van der Waals surface area contributed by atoms with Crippen molar-refractivity contribution in [3.63, 3.8) is 0 Å². The molecule has 33 heavy (non-hydrogen) atoms. The van der Waals surface area contributed by atoms with Gasteiger partial charge < -0.3 is 20.1 Å². The normalized spacial score (nSPS) is 48.5. The first-order chi connectivity index (χ1) is 15.5. The predicted octanol–water partition coefficient (Wildman–Crippen LogP) is 3.82. The Morgan fingerprint density at radius 3 is 2.52 bits per heavy atom. The van der Waals surface area contributed by atoms with Crippen LogP contribution in [-0.2, 0) is 9.53 Å². The number of nitriles is 1. The predicted molar refractivity (Wildman–Crippen MR) is 124 cm³/mol. The quantitative estimate of drug-likeness (QED) is 0.537. The summed E-state index contributed by atoms with van der Waals surface area (Å²) >= 11 is 0. The van der Waals surface area contributed by atoms with Gasteiger partial charge in [0.25, 0.3) is 0 Å². The Hall–Kier alpha value is -1.16. The summed E-state index contributed by atoms with van der Waals surface area (Å²) in [7, 11) is 0. The van der Waals surface area contributed by atoms with Crippen LogP contribution in [0.4, 0.5) is 0 Å². The van der Waals surface area contributed by atoms with E-state index in [-0.39, 0.29) is 53.2 Å². The molecule has 186 valence electrons. The van der Waals surface area contributed by atoms with Crippen LogP contribution in [0.1, 0.15) is 85.5 Å². The standard InChI is InChI=1S/C27H43NO5/c1-15(5-8-24(32)33-16(2)14-28)19-6-7-20-25-21(13-23(31)27(19,20)4)26(3)10-9-18(29)11-17(26)12-22(25)30/h15-23,25,29-31H,5-13H2,1-4H3/t15-,16?,17+,18-,19-,20+,21+,22-,23+,25+,26+,27-/m1/s1. The van der Waals surface area contributed by atoms with Crippen LogP contribution >= 0.6 is 0 Å². The van der Waals surface area contributed by atoms with Gasteiger partial charge in [0.05, 0.1) is 18.3 Å². The molecule has 0 radical (unpaired) electrons. The highest BCUT2D eigenvalue weighted by atomic mass is 16.5. The maximum Gasteiger partial charge on any atom is 0.307 e. The Bertz CT molecular complexity index is 781. The van der Waals surface area contributed by atoms with Gasteiger partial charge in [-0.3, -0.25) is 4.79 Å². The van der Waals surface area contributed by atoms with Gasteiger partial charge in [0, 0.05) is 6.42 Å². The van der Waals surface area contributed by atoms with Gasteiger partial charge >= 0.3 is 5.97 Å². The third-order valence-corrected chi connectivity index (χ3v) is 10.8. The number of carbonyl (C=O) groups excluding carboxylic acids is 1. The summed E-state index contributed by atoms with van der Waals surface area (Å²) in [6.45, 7) is 8.33. The lowest BCUT2D eigenvalue weighted by Crippen LogP contribution is -2.62. The minimum absolute atomic E-state index is 0.0797. The maximum atomic E-state index is 12.1. The molecule has 0 aromatic carbocycles.